The van der Waals surface area contributed by atoms with Crippen LogP contribution < -0.4 is 0 Å². The Balaban J connectivity index is 2.23. The molecule has 92 valence electrons. The number of hydrogen-bond donors (Lipinski definition) is 1. The van der Waals surface area contributed by atoms with Crippen molar-refractivity contribution < 1.29 is 14.6 Å². The highest BCUT2D eigenvalue weighted by Crippen LogP contribution is 2.51. The van der Waals surface area contributed by atoms with Crippen LogP contribution in [0.4, 0.5) is 0 Å². The van der Waals surface area contributed by atoms with E-state index in [4.69, 9.17) is 9.47 Å². The highest BCUT2D eigenvalue weighted by molar-refractivity contribution is 5.01. The summed E-state index contributed by atoms with van der Waals surface area (Å²) >= 11 is 0. The van der Waals surface area contributed by atoms with E-state index in [0.29, 0.717) is 19.6 Å². The van der Waals surface area contributed by atoms with E-state index in [-0.39, 0.29) is 5.41 Å². The minimum absolute atomic E-state index is 0.296. The van der Waals surface area contributed by atoms with Crippen LogP contribution in [0.15, 0.2) is 12.7 Å². The molecular formula is C13H22O3. The molecule has 1 spiro atoms. The fourth-order valence-electron chi connectivity index (χ4n) is 3.09. The van der Waals surface area contributed by atoms with E-state index >= 15 is 0 Å². The monoisotopic (exact) mass is 226 g/mol. The average Bonchev–Trinajstić information content (AvgIpc) is 2.73. The second-order valence-electron chi connectivity index (χ2n) is 5.11. The van der Waals surface area contributed by atoms with Gasteiger partial charge in [-0.05, 0) is 19.3 Å². The summed E-state index contributed by atoms with van der Waals surface area (Å²) in [5.41, 5.74) is -0.296. The lowest BCUT2D eigenvalue weighted by Gasteiger charge is -2.50. The third kappa shape index (κ3) is 1.71. The van der Waals surface area contributed by atoms with E-state index in [9.17, 15) is 5.11 Å². The van der Waals surface area contributed by atoms with Gasteiger partial charge in [-0.25, -0.2) is 0 Å². The maximum absolute atomic E-state index is 10.3. The Kier molecular flexibility index (Phi) is 3.38. The zero-order chi connectivity index (χ0) is 11.6. The molecule has 1 aliphatic carbocycles. The molecule has 0 aromatic carbocycles. The summed E-state index contributed by atoms with van der Waals surface area (Å²) in [5, 5.41) is 10.3. The first-order chi connectivity index (χ1) is 7.65. The molecule has 3 nitrogen and oxygen atoms in total. The molecule has 2 aliphatic rings. The molecule has 1 saturated carbocycles. The SMILES string of the molecule is C=CC[C@@H](O)[C@]1(C)CCCCC12OCCO2. The van der Waals surface area contributed by atoms with Crippen molar-refractivity contribution in [3.8, 4) is 0 Å². The van der Waals surface area contributed by atoms with Crippen molar-refractivity contribution in [1.82, 2.24) is 0 Å². The summed E-state index contributed by atoms with van der Waals surface area (Å²) in [5.74, 6) is -0.548. The van der Waals surface area contributed by atoms with Crippen molar-refractivity contribution >= 4 is 0 Å². The number of aliphatic hydroxyl groups is 1. The van der Waals surface area contributed by atoms with Crippen LogP contribution >= 0.6 is 0 Å². The van der Waals surface area contributed by atoms with Gasteiger partial charge < -0.3 is 14.6 Å². The van der Waals surface area contributed by atoms with E-state index in [2.05, 4.69) is 13.5 Å². The zero-order valence-electron chi connectivity index (χ0n) is 10.1. The summed E-state index contributed by atoms with van der Waals surface area (Å²) in [7, 11) is 0. The molecule has 16 heavy (non-hydrogen) atoms. The molecule has 0 aromatic heterocycles. The lowest BCUT2D eigenvalue weighted by molar-refractivity contribution is -0.275. The number of ether oxygens (including phenoxy) is 2. The molecule has 0 unspecified atom stereocenters. The molecule has 2 rings (SSSR count). The van der Waals surface area contributed by atoms with E-state index in [1.165, 1.54) is 0 Å². The molecule has 3 heteroatoms. The molecule has 1 saturated heterocycles. The fraction of sp³-hybridized carbons (Fsp3) is 0.846. The highest BCUT2D eigenvalue weighted by atomic mass is 16.7. The van der Waals surface area contributed by atoms with E-state index < -0.39 is 11.9 Å². The van der Waals surface area contributed by atoms with Gasteiger partial charge in [0.1, 0.15) is 0 Å². The van der Waals surface area contributed by atoms with E-state index in [1.807, 2.05) is 0 Å². The van der Waals surface area contributed by atoms with Crippen LogP contribution in [-0.4, -0.2) is 30.2 Å². The minimum Gasteiger partial charge on any atom is -0.392 e. The quantitative estimate of drug-likeness (QED) is 0.750. The summed E-state index contributed by atoms with van der Waals surface area (Å²) < 4.78 is 11.7. The molecule has 0 bridgehead atoms. The minimum atomic E-state index is -0.548. The molecule has 1 aliphatic heterocycles. The van der Waals surface area contributed by atoms with Crippen LogP contribution in [0.25, 0.3) is 0 Å². The second kappa shape index (κ2) is 4.47. The van der Waals surface area contributed by atoms with Crippen LogP contribution in [0, 0.1) is 5.41 Å². The van der Waals surface area contributed by atoms with Crippen molar-refractivity contribution in [3.05, 3.63) is 12.7 Å². The van der Waals surface area contributed by atoms with Gasteiger partial charge in [0, 0.05) is 11.8 Å². The van der Waals surface area contributed by atoms with Gasteiger partial charge in [0.2, 0.25) is 0 Å². The zero-order valence-corrected chi connectivity index (χ0v) is 10.1. The lowest BCUT2D eigenvalue weighted by atomic mass is 9.66. The molecule has 1 heterocycles. The third-order valence-corrected chi connectivity index (χ3v) is 4.20. The van der Waals surface area contributed by atoms with Crippen LogP contribution in [-0.2, 0) is 9.47 Å². The predicted octanol–water partition coefficient (Wildman–Crippen LogP) is 2.25. The molecule has 0 aromatic rings. The molecule has 2 atom stereocenters. The number of hydrogen-bond acceptors (Lipinski definition) is 3. The average molecular weight is 226 g/mol. The Morgan fingerprint density at radius 2 is 1.94 bits per heavy atom. The van der Waals surface area contributed by atoms with Gasteiger partial charge in [-0.2, -0.15) is 0 Å². The molecule has 0 radical (unpaired) electrons. The van der Waals surface area contributed by atoms with Gasteiger partial charge >= 0.3 is 0 Å². The number of rotatable bonds is 3. The molecular weight excluding hydrogens is 204 g/mol. The van der Waals surface area contributed by atoms with E-state index in [1.54, 1.807) is 6.08 Å². The van der Waals surface area contributed by atoms with Crippen LogP contribution in [0.5, 0.6) is 0 Å². The Hall–Kier alpha value is -0.380. The van der Waals surface area contributed by atoms with Crippen LogP contribution in [0.1, 0.15) is 39.0 Å². The van der Waals surface area contributed by atoms with Crippen molar-refractivity contribution in [1.29, 1.82) is 0 Å². The van der Waals surface area contributed by atoms with Crippen LogP contribution in [0.2, 0.25) is 0 Å². The first-order valence-electron chi connectivity index (χ1n) is 6.21. The Morgan fingerprint density at radius 1 is 1.31 bits per heavy atom. The van der Waals surface area contributed by atoms with Gasteiger partial charge in [0.15, 0.2) is 5.79 Å². The normalized spacial score (nSPS) is 35.1. The standard InChI is InChI=1S/C13H22O3/c1-3-6-11(14)12(2)7-4-5-8-13(12)15-9-10-16-13/h3,11,14H,1,4-10H2,2H3/t11-,12+/m1/s1. The van der Waals surface area contributed by atoms with Crippen molar-refractivity contribution in [2.24, 2.45) is 5.41 Å². The summed E-state index contributed by atoms with van der Waals surface area (Å²) in [6, 6.07) is 0. The van der Waals surface area contributed by atoms with Gasteiger partial charge in [-0.15, -0.1) is 6.58 Å². The van der Waals surface area contributed by atoms with Crippen molar-refractivity contribution in [2.75, 3.05) is 13.2 Å². The fourth-order valence-corrected chi connectivity index (χ4v) is 3.09. The Bertz CT molecular complexity index is 258. The molecule has 0 amide bonds. The summed E-state index contributed by atoms with van der Waals surface area (Å²) in [6.07, 6.45) is 6.07. The summed E-state index contributed by atoms with van der Waals surface area (Å²) in [6.45, 7) is 7.09. The lowest BCUT2D eigenvalue weighted by Crippen LogP contribution is -2.56. The topological polar surface area (TPSA) is 38.7 Å². The largest absolute Gasteiger partial charge is 0.392 e. The third-order valence-electron chi connectivity index (χ3n) is 4.20. The van der Waals surface area contributed by atoms with Crippen LogP contribution in [0.3, 0.4) is 0 Å². The maximum atomic E-state index is 10.3. The first kappa shape index (κ1) is 12.1. The van der Waals surface area contributed by atoms with Gasteiger partial charge in [-0.1, -0.05) is 19.4 Å². The summed E-state index contributed by atoms with van der Waals surface area (Å²) in [4.78, 5) is 0. The Labute approximate surface area is 97.4 Å². The predicted molar refractivity (Wildman–Crippen MR) is 62.0 cm³/mol. The van der Waals surface area contributed by atoms with Crippen molar-refractivity contribution in [3.63, 3.8) is 0 Å². The van der Waals surface area contributed by atoms with Gasteiger partial charge in [-0.3, -0.25) is 0 Å². The molecule has 1 N–H and O–H groups in total. The smallest absolute Gasteiger partial charge is 0.176 e. The molecule has 2 fully saturated rings. The van der Waals surface area contributed by atoms with E-state index in [0.717, 1.165) is 25.7 Å². The first-order valence-corrected chi connectivity index (χ1v) is 6.21. The highest BCUT2D eigenvalue weighted by Gasteiger charge is 2.57. The Morgan fingerprint density at radius 3 is 2.56 bits per heavy atom. The second-order valence-corrected chi connectivity index (χ2v) is 5.11. The van der Waals surface area contributed by atoms with Gasteiger partial charge in [0.25, 0.3) is 0 Å². The number of aliphatic hydroxyl groups excluding tert-OH is 1. The van der Waals surface area contributed by atoms with Crippen molar-refractivity contribution in [2.45, 2.75) is 50.9 Å². The van der Waals surface area contributed by atoms with Gasteiger partial charge in [0.05, 0.1) is 19.3 Å². The maximum Gasteiger partial charge on any atom is 0.176 e.